The van der Waals surface area contributed by atoms with E-state index in [0.29, 0.717) is 10.6 Å². The fourth-order valence-corrected chi connectivity index (χ4v) is 4.82. The van der Waals surface area contributed by atoms with E-state index >= 15 is 0 Å². The van der Waals surface area contributed by atoms with Gasteiger partial charge in [0.2, 0.25) is 0 Å². The first kappa shape index (κ1) is 18.9. The second-order valence-corrected chi connectivity index (χ2v) is 8.57. The van der Waals surface area contributed by atoms with Crippen LogP contribution in [0.4, 0.5) is 5.69 Å². The fraction of sp³-hybridized carbons (Fsp3) is 0.0500. The summed E-state index contributed by atoms with van der Waals surface area (Å²) in [6.07, 6.45) is -0.315. The molecule has 0 aliphatic rings. The number of benzene rings is 3. The summed E-state index contributed by atoms with van der Waals surface area (Å²) in [5.41, 5.74) is -0.0196. The number of hydrogen-bond acceptors (Lipinski definition) is 6. The SMILES string of the molecule is O=C(OCP(=O)(c1ccccc1)c1ccccc1)c1cccc(N([O-])O)c1. The standard InChI is InChI=1S/C20H17NO5P/c22-20(16-8-7-9-17(14-16)21(23)24)26-15-27(25,18-10-3-1-4-11-18)19-12-5-2-6-13-19/h1-14,23H,15H2/q-1. The molecule has 0 aliphatic heterocycles. The van der Waals surface area contributed by atoms with E-state index in [4.69, 9.17) is 9.94 Å². The molecule has 0 radical (unpaired) electrons. The van der Waals surface area contributed by atoms with E-state index in [2.05, 4.69) is 0 Å². The average Bonchev–Trinajstić information content (AvgIpc) is 2.73. The number of esters is 1. The molecule has 3 aromatic carbocycles. The summed E-state index contributed by atoms with van der Waals surface area (Å²) in [6, 6.07) is 23.2. The maximum absolute atomic E-state index is 13.8. The molecule has 1 N–H and O–H groups in total. The van der Waals surface area contributed by atoms with Crippen molar-refractivity contribution in [2.24, 2.45) is 0 Å². The minimum absolute atomic E-state index is 0.0788. The third kappa shape index (κ3) is 4.26. The van der Waals surface area contributed by atoms with Crippen LogP contribution in [0.2, 0.25) is 0 Å². The van der Waals surface area contributed by atoms with Gasteiger partial charge in [-0.25, -0.2) is 4.79 Å². The van der Waals surface area contributed by atoms with Gasteiger partial charge < -0.3 is 19.7 Å². The Morgan fingerprint density at radius 3 is 2.00 bits per heavy atom. The number of ether oxygens (including phenoxy) is 1. The van der Waals surface area contributed by atoms with Gasteiger partial charge in [0.1, 0.15) is 0 Å². The zero-order valence-corrected chi connectivity index (χ0v) is 15.2. The van der Waals surface area contributed by atoms with E-state index in [1.54, 1.807) is 48.5 Å². The van der Waals surface area contributed by atoms with Crippen molar-refractivity contribution >= 4 is 29.4 Å². The number of hydrogen-bond donors (Lipinski definition) is 1. The molecule has 7 heteroatoms. The van der Waals surface area contributed by atoms with Crippen molar-refractivity contribution in [1.82, 2.24) is 0 Å². The summed E-state index contributed by atoms with van der Waals surface area (Å²) in [5, 5.41) is 20.8. The summed E-state index contributed by atoms with van der Waals surface area (Å²) < 4.78 is 19.1. The minimum atomic E-state index is -3.19. The second kappa shape index (κ2) is 8.18. The summed E-state index contributed by atoms with van der Waals surface area (Å²) >= 11 is 0. The Kier molecular flexibility index (Phi) is 5.72. The third-order valence-corrected chi connectivity index (χ3v) is 6.78. The molecule has 0 aromatic heterocycles. The highest BCUT2D eigenvalue weighted by molar-refractivity contribution is 7.78. The van der Waals surface area contributed by atoms with Crippen LogP contribution in [0.3, 0.4) is 0 Å². The Morgan fingerprint density at radius 2 is 1.48 bits per heavy atom. The third-order valence-electron chi connectivity index (χ3n) is 4.03. The van der Waals surface area contributed by atoms with Crippen molar-refractivity contribution in [2.45, 2.75) is 0 Å². The number of anilines is 1. The zero-order chi connectivity index (χ0) is 19.3. The highest BCUT2D eigenvalue weighted by Crippen LogP contribution is 2.43. The van der Waals surface area contributed by atoms with Crippen molar-refractivity contribution in [3.8, 4) is 0 Å². The second-order valence-electron chi connectivity index (χ2n) is 5.79. The van der Waals surface area contributed by atoms with Gasteiger partial charge in [-0.05, 0) is 18.2 Å². The lowest BCUT2D eigenvalue weighted by Gasteiger charge is -2.22. The van der Waals surface area contributed by atoms with Crippen molar-refractivity contribution < 1.29 is 19.3 Å². The van der Waals surface area contributed by atoms with Crippen LogP contribution in [0.1, 0.15) is 10.4 Å². The molecule has 0 spiro atoms. The van der Waals surface area contributed by atoms with Gasteiger partial charge in [0, 0.05) is 10.6 Å². The van der Waals surface area contributed by atoms with Gasteiger partial charge in [-0.1, -0.05) is 66.7 Å². The molecule has 0 atom stereocenters. The van der Waals surface area contributed by atoms with Gasteiger partial charge in [-0.2, -0.15) is 0 Å². The Morgan fingerprint density at radius 1 is 0.926 bits per heavy atom. The summed E-state index contributed by atoms with van der Waals surface area (Å²) in [4.78, 5) is 12.4. The summed E-state index contributed by atoms with van der Waals surface area (Å²) in [5.74, 6) is -0.731. The normalized spacial score (nSPS) is 11.0. The average molecular weight is 382 g/mol. The van der Waals surface area contributed by atoms with Crippen LogP contribution in [0.25, 0.3) is 0 Å². The molecule has 6 nitrogen and oxygen atoms in total. The molecular formula is C20H17NO5P-. The lowest BCUT2D eigenvalue weighted by molar-refractivity contribution is 0.0572. The van der Waals surface area contributed by atoms with Gasteiger partial charge in [-0.15, -0.1) is 0 Å². The lowest BCUT2D eigenvalue weighted by atomic mass is 10.2. The maximum atomic E-state index is 13.8. The molecule has 3 aromatic rings. The predicted molar refractivity (Wildman–Crippen MR) is 104 cm³/mol. The molecular weight excluding hydrogens is 365 g/mol. The van der Waals surface area contributed by atoms with Crippen molar-refractivity contribution in [2.75, 3.05) is 11.6 Å². The Hall–Kier alpha value is -2.92. The molecule has 0 unspecified atom stereocenters. The maximum Gasteiger partial charge on any atom is 0.338 e. The van der Waals surface area contributed by atoms with Gasteiger partial charge >= 0.3 is 5.97 Å². The van der Waals surface area contributed by atoms with Crippen LogP contribution in [-0.4, -0.2) is 17.5 Å². The molecule has 0 fully saturated rings. The molecule has 0 amide bonds. The molecule has 3 rings (SSSR count). The zero-order valence-electron chi connectivity index (χ0n) is 14.3. The Labute approximate surface area is 156 Å². The van der Waals surface area contributed by atoms with Gasteiger partial charge in [0.15, 0.2) is 13.5 Å². The predicted octanol–water partition coefficient (Wildman–Crippen LogP) is 3.51. The Bertz CT molecular complexity index is 917. The van der Waals surface area contributed by atoms with E-state index in [1.165, 1.54) is 24.3 Å². The van der Waals surface area contributed by atoms with Crippen molar-refractivity contribution in [3.63, 3.8) is 0 Å². The van der Waals surface area contributed by atoms with E-state index in [0.717, 1.165) is 0 Å². The smallest absolute Gasteiger partial charge is 0.338 e. The lowest BCUT2D eigenvalue weighted by Crippen LogP contribution is -2.21. The number of rotatable bonds is 6. The van der Waals surface area contributed by atoms with Crippen LogP contribution in [0.5, 0.6) is 0 Å². The van der Waals surface area contributed by atoms with E-state index in [1.807, 2.05) is 12.1 Å². The molecule has 0 saturated heterocycles. The first-order chi connectivity index (χ1) is 13.0. The number of carbonyl (C=O) groups excluding carboxylic acids is 1. The molecule has 0 aliphatic carbocycles. The number of nitrogens with zero attached hydrogens (tertiary/aromatic N) is 1. The molecule has 0 heterocycles. The topological polar surface area (TPSA) is 89.9 Å². The van der Waals surface area contributed by atoms with E-state index < -0.39 is 13.1 Å². The van der Waals surface area contributed by atoms with Crippen LogP contribution in [0.15, 0.2) is 84.9 Å². The monoisotopic (exact) mass is 382 g/mol. The van der Waals surface area contributed by atoms with Gasteiger partial charge in [0.05, 0.1) is 11.3 Å². The molecule has 138 valence electrons. The van der Waals surface area contributed by atoms with Gasteiger partial charge in [0.25, 0.3) is 0 Å². The molecule has 0 saturated carbocycles. The van der Waals surface area contributed by atoms with E-state index in [9.17, 15) is 14.6 Å². The van der Waals surface area contributed by atoms with Crippen LogP contribution >= 0.6 is 7.14 Å². The minimum Gasteiger partial charge on any atom is -0.733 e. The van der Waals surface area contributed by atoms with Crippen molar-refractivity contribution in [3.05, 3.63) is 95.7 Å². The highest BCUT2D eigenvalue weighted by Gasteiger charge is 2.29. The van der Waals surface area contributed by atoms with E-state index in [-0.39, 0.29) is 22.8 Å². The fourth-order valence-electron chi connectivity index (χ4n) is 2.62. The first-order valence-corrected chi connectivity index (χ1v) is 10.0. The Balaban J connectivity index is 1.87. The largest absolute Gasteiger partial charge is 0.733 e. The van der Waals surface area contributed by atoms with Gasteiger partial charge in [-0.3, -0.25) is 5.21 Å². The highest BCUT2D eigenvalue weighted by atomic mass is 31.2. The number of carbonyl (C=O) groups is 1. The summed E-state index contributed by atoms with van der Waals surface area (Å²) in [7, 11) is -3.19. The van der Waals surface area contributed by atoms with Crippen molar-refractivity contribution in [1.29, 1.82) is 0 Å². The van der Waals surface area contributed by atoms with Crippen LogP contribution < -0.4 is 15.8 Å². The molecule has 27 heavy (non-hydrogen) atoms. The van der Waals surface area contributed by atoms with Crippen LogP contribution in [-0.2, 0) is 9.30 Å². The van der Waals surface area contributed by atoms with Crippen LogP contribution in [0, 0.1) is 5.21 Å². The molecule has 0 bridgehead atoms. The first-order valence-electron chi connectivity index (χ1n) is 8.14. The quantitative estimate of drug-likeness (QED) is 0.399. The summed E-state index contributed by atoms with van der Waals surface area (Å²) in [6.45, 7) is 0.